The van der Waals surface area contributed by atoms with E-state index < -0.39 is 0 Å². The van der Waals surface area contributed by atoms with Gasteiger partial charge in [-0.05, 0) is 36.2 Å². The molecule has 2 N–H and O–H groups in total. The van der Waals surface area contributed by atoms with E-state index in [1.807, 2.05) is 24.4 Å². The number of nitrogens with one attached hydrogen (secondary N) is 1. The molecule has 0 spiro atoms. The first-order chi connectivity index (χ1) is 8.66. The summed E-state index contributed by atoms with van der Waals surface area (Å²) >= 11 is 5.86. The summed E-state index contributed by atoms with van der Waals surface area (Å²) in [7, 11) is 0. The molecule has 0 aliphatic heterocycles. The second-order valence-electron chi connectivity index (χ2n) is 4.17. The maximum atomic E-state index is 9.34. The number of hydrogen-bond acceptors (Lipinski definition) is 3. The maximum Gasteiger partial charge on any atom is 0.134 e. The quantitative estimate of drug-likeness (QED) is 0.889. The molecule has 3 nitrogen and oxygen atoms in total. The minimum absolute atomic E-state index is 0.112. The van der Waals surface area contributed by atoms with Crippen molar-refractivity contribution in [3.63, 3.8) is 0 Å². The molecule has 0 aliphatic rings. The molecule has 1 heterocycles. The standard InChI is InChI=1S/C14H15ClN2O/c1-10(12-3-2-6-16-9-12)17-8-11-4-5-14(18)13(15)7-11/h2-7,9-10,17-18H,8H2,1H3/t10-/m1/s1. The number of aromatic nitrogens is 1. The van der Waals surface area contributed by atoms with Crippen molar-refractivity contribution in [2.45, 2.75) is 19.5 Å². The monoisotopic (exact) mass is 262 g/mol. The van der Waals surface area contributed by atoms with Gasteiger partial charge in [-0.3, -0.25) is 4.98 Å². The Morgan fingerprint density at radius 3 is 2.89 bits per heavy atom. The average molecular weight is 263 g/mol. The van der Waals surface area contributed by atoms with Gasteiger partial charge in [-0.25, -0.2) is 0 Å². The summed E-state index contributed by atoms with van der Waals surface area (Å²) in [6, 6.07) is 9.39. The number of pyridine rings is 1. The molecule has 0 bridgehead atoms. The highest BCUT2D eigenvalue weighted by atomic mass is 35.5. The van der Waals surface area contributed by atoms with Crippen molar-refractivity contribution in [2.75, 3.05) is 0 Å². The predicted molar refractivity (Wildman–Crippen MR) is 72.6 cm³/mol. The predicted octanol–water partition coefficient (Wildman–Crippen LogP) is 3.29. The fraction of sp³-hybridized carbons (Fsp3) is 0.214. The molecule has 2 aromatic rings. The molecule has 1 atom stereocenters. The summed E-state index contributed by atoms with van der Waals surface area (Å²) < 4.78 is 0. The van der Waals surface area contributed by atoms with E-state index in [0.29, 0.717) is 11.6 Å². The second kappa shape index (κ2) is 5.85. The van der Waals surface area contributed by atoms with E-state index in [2.05, 4.69) is 17.2 Å². The Bertz CT molecular complexity index is 516. The molecule has 94 valence electrons. The van der Waals surface area contributed by atoms with E-state index in [1.165, 1.54) is 0 Å². The molecule has 0 saturated carbocycles. The molecule has 2 rings (SSSR count). The van der Waals surface area contributed by atoms with Crippen LogP contribution in [0.5, 0.6) is 5.75 Å². The Morgan fingerprint density at radius 1 is 1.39 bits per heavy atom. The molecule has 0 saturated heterocycles. The van der Waals surface area contributed by atoms with Gasteiger partial charge in [-0.2, -0.15) is 0 Å². The number of phenols is 1. The maximum absolute atomic E-state index is 9.34. The van der Waals surface area contributed by atoms with E-state index in [1.54, 1.807) is 18.3 Å². The van der Waals surface area contributed by atoms with Crippen LogP contribution >= 0.6 is 11.6 Å². The normalized spacial score (nSPS) is 12.3. The zero-order chi connectivity index (χ0) is 13.0. The van der Waals surface area contributed by atoms with Gasteiger partial charge in [-0.1, -0.05) is 23.7 Å². The van der Waals surface area contributed by atoms with Crippen LogP contribution in [0.3, 0.4) is 0 Å². The SMILES string of the molecule is C[C@@H](NCc1ccc(O)c(Cl)c1)c1cccnc1. The molecule has 4 heteroatoms. The molecule has 0 amide bonds. The van der Waals surface area contributed by atoms with Gasteiger partial charge < -0.3 is 10.4 Å². The number of phenolic OH excluding ortho intramolecular Hbond substituents is 1. The van der Waals surface area contributed by atoms with Gasteiger partial charge in [0.15, 0.2) is 0 Å². The fourth-order valence-electron chi connectivity index (χ4n) is 1.68. The first kappa shape index (κ1) is 12.9. The van der Waals surface area contributed by atoms with Gasteiger partial charge in [0.2, 0.25) is 0 Å². The Morgan fingerprint density at radius 2 is 2.22 bits per heavy atom. The third kappa shape index (κ3) is 3.22. The summed E-state index contributed by atoms with van der Waals surface area (Å²) in [4.78, 5) is 4.09. The fourth-order valence-corrected chi connectivity index (χ4v) is 1.88. The van der Waals surface area contributed by atoms with Crippen LogP contribution in [0.15, 0.2) is 42.7 Å². The molecule has 0 unspecified atom stereocenters. The minimum Gasteiger partial charge on any atom is -0.506 e. The number of aromatic hydroxyl groups is 1. The Balaban J connectivity index is 1.97. The topological polar surface area (TPSA) is 45.1 Å². The van der Waals surface area contributed by atoms with Crippen molar-refractivity contribution in [3.8, 4) is 5.75 Å². The van der Waals surface area contributed by atoms with Gasteiger partial charge in [0.05, 0.1) is 5.02 Å². The lowest BCUT2D eigenvalue weighted by atomic mass is 10.1. The van der Waals surface area contributed by atoms with Crippen LogP contribution in [0.25, 0.3) is 0 Å². The number of hydrogen-bond donors (Lipinski definition) is 2. The van der Waals surface area contributed by atoms with Crippen LogP contribution in [0.4, 0.5) is 0 Å². The van der Waals surface area contributed by atoms with Gasteiger partial charge >= 0.3 is 0 Å². The van der Waals surface area contributed by atoms with Crippen molar-refractivity contribution < 1.29 is 5.11 Å². The average Bonchev–Trinajstić information content (AvgIpc) is 2.41. The first-order valence-corrected chi connectivity index (χ1v) is 6.15. The Kier molecular flexibility index (Phi) is 4.18. The number of halogens is 1. The molecule has 1 aromatic carbocycles. The highest BCUT2D eigenvalue weighted by molar-refractivity contribution is 6.32. The Labute approximate surface area is 111 Å². The van der Waals surface area contributed by atoms with Crippen LogP contribution in [0.2, 0.25) is 5.02 Å². The molecule has 1 aromatic heterocycles. The molecule has 0 aliphatic carbocycles. The lowest BCUT2D eigenvalue weighted by molar-refractivity contribution is 0.475. The zero-order valence-electron chi connectivity index (χ0n) is 10.1. The van der Waals surface area contributed by atoms with Gasteiger partial charge in [0.25, 0.3) is 0 Å². The summed E-state index contributed by atoms with van der Waals surface area (Å²) in [5, 5.41) is 13.1. The van der Waals surface area contributed by atoms with Gasteiger partial charge in [0, 0.05) is 25.0 Å². The minimum atomic E-state index is 0.112. The first-order valence-electron chi connectivity index (χ1n) is 5.77. The van der Waals surface area contributed by atoms with Crippen LogP contribution in [0, 0.1) is 0 Å². The largest absolute Gasteiger partial charge is 0.506 e. The highest BCUT2D eigenvalue weighted by Gasteiger charge is 2.05. The summed E-state index contributed by atoms with van der Waals surface area (Å²) in [5.74, 6) is 0.112. The second-order valence-corrected chi connectivity index (χ2v) is 4.58. The summed E-state index contributed by atoms with van der Waals surface area (Å²) in [5.41, 5.74) is 2.18. The van der Waals surface area contributed by atoms with Crippen LogP contribution in [-0.4, -0.2) is 10.1 Å². The third-order valence-electron chi connectivity index (χ3n) is 2.81. The smallest absolute Gasteiger partial charge is 0.134 e. The lowest BCUT2D eigenvalue weighted by Crippen LogP contribution is -2.18. The lowest BCUT2D eigenvalue weighted by Gasteiger charge is -2.14. The van der Waals surface area contributed by atoms with Crippen molar-refractivity contribution in [1.29, 1.82) is 0 Å². The van der Waals surface area contributed by atoms with Crippen molar-refractivity contribution in [1.82, 2.24) is 10.3 Å². The highest BCUT2D eigenvalue weighted by Crippen LogP contribution is 2.23. The van der Waals surface area contributed by atoms with Crippen molar-refractivity contribution in [2.24, 2.45) is 0 Å². The van der Waals surface area contributed by atoms with E-state index in [-0.39, 0.29) is 11.8 Å². The molecule has 18 heavy (non-hydrogen) atoms. The van der Waals surface area contributed by atoms with Crippen molar-refractivity contribution in [3.05, 3.63) is 58.9 Å². The third-order valence-corrected chi connectivity index (χ3v) is 3.11. The summed E-state index contributed by atoms with van der Waals surface area (Å²) in [6.07, 6.45) is 3.61. The Hall–Kier alpha value is -1.58. The molecular weight excluding hydrogens is 248 g/mol. The number of nitrogens with zero attached hydrogens (tertiary/aromatic N) is 1. The molecule has 0 fully saturated rings. The van der Waals surface area contributed by atoms with Crippen LogP contribution in [-0.2, 0) is 6.54 Å². The molecular formula is C14H15ClN2O. The van der Waals surface area contributed by atoms with E-state index >= 15 is 0 Å². The van der Waals surface area contributed by atoms with Crippen LogP contribution in [0.1, 0.15) is 24.1 Å². The van der Waals surface area contributed by atoms with E-state index in [4.69, 9.17) is 11.6 Å². The van der Waals surface area contributed by atoms with Crippen LogP contribution < -0.4 is 5.32 Å². The van der Waals surface area contributed by atoms with Gasteiger partial charge in [0.1, 0.15) is 5.75 Å². The zero-order valence-corrected chi connectivity index (χ0v) is 10.9. The van der Waals surface area contributed by atoms with E-state index in [9.17, 15) is 5.11 Å². The van der Waals surface area contributed by atoms with Gasteiger partial charge in [-0.15, -0.1) is 0 Å². The van der Waals surface area contributed by atoms with Crippen molar-refractivity contribution >= 4 is 11.6 Å². The number of rotatable bonds is 4. The molecule has 0 radical (unpaired) electrons. The van der Waals surface area contributed by atoms with E-state index in [0.717, 1.165) is 11.1 Å². The number of benzene rings is 1. The summed E-state index contributed by atoms with van der Waals surface area (Å²) in [6.45, 7) is 2.77.